The number of amides is 1. The number of aryl methyl sites for hydroxylation is 1. The average Bonchev–Trinajstić information content (AvgIpc) is 3.39. The van der Waals surface area contributed by atoms with E-state index in [-0.39, 0.29) is 24.2 Å². The number of carbonyl (C=O) groups excluding carboxylic acids is 2. The lowest BCUT2D eigenvalue weighted by Gasteiger charge is -2.30. The smallest absolute Gasteiger partial charge is 0.341 e. The number of methoxy groups -OCH3 is 1. The van der Waals surface area contributed by atoms with Gasteiger partial charge in [0.2, 0.25) is 17.6 Å². The zero-order valence-electron chi connectivity index (χ0n) is 18.7. The Bertz CT molecular complexity index is 1180. The summed E-state index contributed by atoms with van der Waals surface area (Å²) in [4.78, 5) is 32.3. The predicted octanol–water partition coefficient (Wildman–Crippen LogP) is 4.16. The number of hydrogen-bond acceptors (Lipinski definition) is 8. The Morgan fingerprint density at radius 2 is 2.18 bits per heavy atom. The Balaban J connectivity index is 1.40. The summed E-state index contributed by atoms with van der Waals surface area (Å²) in [6.45, 7) is 5.27. The Hall–Kier alpha value is -3.11. The molecule has 1 fully saturated rings. The number of piperidine rings is 1. The fourth-order valence-corrected chi connectivity index (χ4v) is 5.04. The summed E-state index contributed by atoms with van der Waals surface area (Å²) in [5.74, 6) is -0.211. The summed E-state index contributed by atoms with van der Waals surface area (Å²) in [6.07, 6.45) is 1.74. The molecule has 1 N–H and O–H groups in total. The zero-order valence-corrected chi connectivity index (χ0v) is 19.5. The average molecular weight is 473 g/mol. The number of rotatable bonds is 6. The van der Waals surface area contributed by atoms with Crippen LogP contribution in [0.2, 0.25) is 0 Å². The van der Waals surface area contributed by atoms with E-state index in [0.29, 0.717) is 34.4 Å². The van der Waals surface area contributed by atoms with Crippen LogP contribution in [0.25, 0.3) is 11.4 Å². The highest BCUT2D eigenvalue weighted by atomic mass is 32.1. The first-order chi connectivity index (χ1) is 15.9. The minimum atomic E-state index is -0.462. The van der Waals surface area contributed by atoms with Crippen molar-refractivity contribution in [2.24, 2.45) is 0 Å². The molecule has 1 amide bonds. The molecule has 1 atom stereocenters. The molecule has 3 aromatic rings. The second-order valence-electron chi connectivity index (χ2n) is 8.07. The van der Waals surface area contributed by atoms with Crippen molar-refractivity contribution in [3.8, 4) is 11.4 Å². The van der Waals surface area contributed by atoms with E-state index in [1.165, 1.54) is 30.6 Å². The molecular weight excluding hydrogens is 447 g/mol. The number of halogens is 1. The minimum absolute atomic E-state index is 0.0155. The van der Waals surface area contributed by atoms with Crippen LogP contribution in [0.15, 0.2) is 28.8 Å². The summed E-state index contributed by atoms with van der Waals surface area (Å²) in [6, 6.07) is 6.06. The number of nitrogens with one attached hydrogen (secondary N) is 1. The normalized spacial score (nSPS) is 16.5. The van der Waals surface area contributed by atoms with Crippen molar-refractivity contribution in [1.29, 1.82) is 0 Å². The predicted molar refractivity (Wildman–Crippen MR) is 122 cm³/mol. The second-order valence-corrected chi connectivity index (χ2v) is 9.29. The molecule has 2 aromatic heterocycles. The molecule has 10 heteroatoms. The number of likely N-dealkylation sites (tertiary alicyclic amines) is 1. The van der Waals surface area contributed by atoms with Crippen molar-refractivity contribution in [2.45, 2.75) is 32.6 Å². The van der Waals surface area contributed by atoms with Crippen LogP contribution in [0.1, 0.15) is 45.4 Å². The van der Waals surface area contributed by atoms with Crippen LogP contribution in [0, 0.1) is 19.7 Å². The van der Waals surface area contributed by atoms with E-state index >= 15 is 0 Å². The van der Waals surface area contributed by atoms with Gasteiger partial charge in [-0.2, -0.15) is 4.98 Å². The largest absolute Gasteiger partial charge is 0.465 e. The van der Waals surface area contributed by atoms with Gasteiger partial charge < -0.3 is 14.6 Å². The van der Waals surface area contributed by atoms with Crippen LogP contribution in [-0.4, -0.2) is 53.7 Å². The molecule has 33 heavy (non-hydrogen) atoms. The summed E-state index contributed by atoms with van der Waals surface area (Å²) in [5, 5.41) is 7.37. The summed E-state index contributed by atoms with van der Waals surface area (Å²) >= 11 is 1.36. The van der Waals surface area contributed by atoms with Gasteiger partial charge in [-0.05, 0) is 50.9 Å². The number of nitrogens with zero attached hydrogens (tertiary/aromatic N) is 3. The maximum absolute atomic E-state index is 13.5. The molecule has 0 radical (unpaired) electrons. The van der Waals surface area contributed by atoms with Crippen molar-refractivity contribution < 1.29 is 23.2 Å². The highest BCUT2D eigenvalue weighted by molar-refractivity contribution is 7.16. The molecule has 174 valence electrons. The van der Waals surface area contributed by atoms with Gasteiger partial charge in [0.25, 0.3) is 0 Å². The van der Waals surface area contributed by atoms with E-state index in [1.807, 2.05) is 18.7 Å². The van der Waals surface area contributed by atoms with Gasteiger partial charge in [-0.1, -0.05) is 17.3 Å². The first-order valence-electron chi connectivity index (χ1n) is 10.7. The van der Waals surface area contributed by atoms with Gasteiger partial charge >= 0.3 is 5.97 Å². The highest BCUT2D eigenvalue weighted by Gasteiger charge is 2.28. The van der Waals surface area contributed by atoms with Crippen LogP contribution < -0.4 is 5.32 Å². The Morgan fingerprint density at radius 3 is 2.94 bits per heavy atom. The minimum Gasteiger partial charge on any atom is -0.465 e. The SMILES string of the molecule is COC(=O)c1c(NC(=O)CN2CCCC(c3nc(-c4cccc(F)c4)no3)C2)sc(C)c1C. The lowest BCUT2D eigenvalue weighted by atomic mass is 9.98. The van der Waals surface area contributed by atoms with Gasteiger partial charge in [0.1, 0.15) is 10.8 Å². The fourth-order valence-electron chi connectivity index (χ4n) is 3.98. The maximum Gasteiger partial charge on any atom is 0.341 e. The molecule has 1 aliphatic heterocycles. The van der Waals surface area contributed by atoms with Gasteiger partial charge in [0.15, 0.2) is 0 Å². The highest BCUT2D eigenvalue weighted by Crippen LogP contribution is 2.33. The standard InChI is InChI=1S/C23H25FN4O4S/c1-13-14(2)33-22(19(13)23(30)31-3)25-18(29)12-28-9-5-7-16(11-28)21-26-20(27-32-21)15-6-4-8-17(24)10-15/h4,6,8,10,16H,5,7,9,11-12H2,1-3H3,(H,25,29). The molecular formula is C23H25FN4O4S. The first kappa shape index (κ1) is 23.1. The monoisotopic (exact) mass is 472 g/mol. The van der Waals surface area contributed by atoms with Crippen molar-refractivity contribution in [1.82, 2.24) is 15.0 Å². The second kappa shape index (κ2) is 9.80. The third-order valence-corrected chi connectivity index (χ3v) is 6.90. The van der Waals surface area contributed by atoms with Crippen LogP contribution in [0.5, 0.6) is 0 Å². The number of anilines is 1. The lowest BCUT2D eigenvalue weighted by Crippen LogP contribution is -2.39. The molecule has 0 spiro atoms. The van der Waals surface area contributed by atoms with Gasteiger partial charge in [0.05, 0.1) is 25.1 Å². The van der Waals surface area contributed by atoms with Crippen molar-refractivity contribution in [3.63, 3.8) is 0 Å². The van der Waals surface area contributed by atoms with Crippen molar-refractivity contribution in [3.05, 3.63) is 52.0 Å². The van der Waals surface area contributed by atoms with Gasteiger partial charge in [0, 0.05) is 17.0 Å². The van der Waals surface area contributed by atoms with E-state index < -0.39 is 5.97 Å². The number of esters is 1. The third kappa shape index (κ3) is 5.12. The van der Waals surface area contributed by atoms with E-state index in [4.69, 9.17) is 9.26 Å². The molecule has 4 rings (SSSR count). The number of benzene rings is 1. The molecule has 0 saturated carbocycles. The summed E-state index contributed by atoms with van der Waals surface area (Å²) in [5.41, 5.74) is 1.77. The summed E-state index contributed by atoms with van der Waals surface area (Å²) < 4.78 is 23.8. The first-order valence-corrected chi connectivity index (χ1v) is 11.5. The van der Waals surface area contributed by atoms with Gasteiger partial charge in [-0.15, -0.1) is 11.3 Å². The van der Waals surface area contributed by atoms with Crippen LogP contribution in [0.3, 0.4) is 0 Å². The van der Waals surface area contributed by atoms with Gasteiger partial charge in [-0.25, -0.2) is 9.18 Å². The summed E-state index contributed by atoms with van der Waals surface area (Å²) in [7, 11) is 1.32. The molecule has 0 aliphatic carbocycles. The Kier molecular flexibility index (Phi) is 6.85. The molecule has 0 bridgehead atoms. The van der Waals surface area contributed by atoms with Crippen molar-refractivity contribution >= 4 is 28.2 Å². The maximum atomic E-state index is 13.5. The zero-order chi connectivity index (χ0) is 23.5. The van der Waals surface area contributed by atoms with Crippen LogP contribution in [-0.2, 0) is 9.53 Å². The number of ether oxygens (including phenoxy) is 1. The third-order valence-electron chi connectivity index (χ3n) is 5.77. The molecule has 1 saturated heterocycles. The number of thiophene rings is 1. The van der Waals surface area contributed by atoms with E-state index in [1.54, 1.807) is 12.1 Å². The molecule has 3 heterocycles. The number of hydrogen-bond donors (Lipinski definition) is 1. The van der Waals surface area contributed by atoms with Crippen LogP contribution in [0.4, 0.5) is 9.39 Å². The fraction of sp³-hybridized carbons (Fsp3) is 0.391. The number of aromatic nitrogens is 2. The Morgan fingerprint density at radius 1 is 1.36 bits per heavy atom. The van der Waals surface area contributed by atoms with E-state index in [2.05, 4.69) is 15.5 Å². The van der Waals surface area contributed by atoms with E-state index in [9.17, 15) is 14.0 Å². The molecule has 1 aromatic carbocycles. The quantitative estimate of drug-likeness (QED) is 0.538. The molecule has 1 aliphatic rings. The van der Waals surface area contributed by atoms with E-state index in [0.717, 1.165) is 29.8 Å². The molecule has 8 nitrogen and oxygen atoms in total. The van der Waals surface area contributed by atoms with Crippen LogP contribution >= 0.6 is 11.3 Å². The van der Waals surface area contributed by atoms with Gasteiger partial charge in [-0.3, -0.25) is 9.69 Å². The van der Waals surface area contributed by atoms with Crippen molar-refractivity contribution in [2.75, 3.05) is 32.1 Å². The topological polar surface area (TPSA) is 97.6 Å². The molecule has 1 unspecified atom stereocenters. The lowest BCUT2D eigenvalue weighted by molar-refractivity contribution is -0.117. The Labute approximate surface area is 194 Å². The number of carbonyl (C=O) groups is 2.